The number of rotatable bonds is 4. The van der Waals surface area contributed by atoms with E-state index in [2.05, 4.69) is 10.9 Å². The Morgan fingerprint density at radius 2 is 1.83 bits per heavy atom. The molecule has 0 atom stereocenters. The Kier molecular flexibility index (Phi) is 5.54. The van der Waals surface area contributed by atoms with Gasteiger partial charge in [0.05, 0.1) is 0 Å². The van der Waals surface area contributed by atoms with Crippen molar-refractivity contribution in [1.29, 1.82) is 0 Å². The molecule has 0 bridgehead atoms. The Bertz CT molecular complexity index is 720. The first-order valence-corrected chi connectivity index (χ1v) is 7.07. The number of hydrazine groups is 1. The molecule has 0 saturated heterocycles. The van der Waals surface area contributed by atoms with Gasteiger partial charge in [-0.3, -0.25) is 20.4 Å². The molecule has 0 unspecified atom stereocenters. The van der Waals surface area contributed by atoms with E-state index in [1.807, 2.05) is 0 Å². The van der Waals surface area contributed by atoms with Gasteiger partial charge < -0.3 is 4.74 Å². The zero-order valence-electron chi connectivity index (χ0n) is 12.2. The first-order chi connectivity index (χ1) is 11.0. The highest BCUT2D eigenvalue weighted by Gasteiger charge is 2.09. The fraction of sp³-hybridized carbons (Fsp3) is 0.125. The fourth-order valence-electron chi connectivity index (χ4n) is 1.75. The van der Waals surface area contributed by atoms with Crippen LogP contribution in [0.25, 0.3) is 0 Å². The van der Waals surface area contributed by atoms with Gasteiger partial charge in [0.25, 0.3) is 11.8 Å². The monoisotopic (exact) mass is 336 g/mol. The van der Waals surface area contributed by atoms with Crippen molar-refractivity contribution in [3.05, 3.63) is 64.4 Å². The van der Waals surface area contributed by atoms with Crippen LogP contribution < -0.4 is 15.6 Å². The van der Waals surface area contributed by atoms with E-state index in [4.69, 9.17) is 16.3 Å². The maximum Gasteiger partial charge on any atom is 0.276 e. The third-order valence-electron chi connectivity index (χ3n) is 2.92. The first-order valence-electron chi connectivity index (χ1n) is 6.69. The largest absolute Gasteiger partial charge is 0.483 e. The minimum absolute atomic E-state index is 0.223. The maximum atomic E-state index is 12.8. The summed E-state index contributed by atoms with van der Waals surface area (Å²) in [5.41, 5.74) is 5.45. The highest BCUT2D eigenvalue weighted by Crippen LogP contribution is 2.21. The molecule has 0 aromatic heterocycles. The topological polar surface area (TPSA) is 67.4 Å². The molecule has 7 heteroatoms. The molecule has 2 aromatic rings. The van der Waals surface area contributed by atoms with E-state index in [-0.39, 0.29) is 12.2 Å². The normalized spacial score (nSPS) is 10.0. The van der Waals surface area contributed by atoms with Crippen molar-refractivity contribution in [2.45, 2.75) is 6.92 Å². The van der Waals surface area contributed by atoms with Crippen LogP contribution in [0.4, 0.5) is 4.39 Å². The summed E-state index contributed by atoms with van der Waals surface area (Å²) in [6, 6.07) is 9.95. The van der Waals surface area contributed by atoms with E-state index in [1.54, 1.807) is 25.1 Å². The van der Waals surface area contributed by atoms with Gasteiger partial charge in [-0.1, -0.05) is 11.6 Å². The molecular formula is C16H14ClFN2O3. The van der Waals surface area contributed by atoms with E-state index in [0.29, 0.717) is 10.8 Å². The van der Waals surface area contributed by atoms with Crippen molar-refractivity contribution in [2.75, 3.05) is 6.61 Å². The average Bonchev–Trinajstić information content (AvgIpc) is 2.52. The summed E-state index contributed by atoms with van der Waals surface area (Å²) in [6.07, 6.45) is 0. The SMILES string of the molecule is Cc1cc(Cl)ccc1OCC(=O)NNC(=O)c1ccc(F)cc1. The van der Waals surface area contributed by atoms with Gasteiger partial charge in [-0.15, -0.1) is 0 Å². The summed E-state index contributed by atoms with van der Waals surface area (Å²) in [7, 11) is 0. The molecule has 5 nitrogen and oxygen atoms in total. The molecule has 0 fully saturated rings. The summed E-state index contributed by atoms with van der Waals surface area (Å²) in [5, 5.41) is 0.575. The Hall–Kier alpha value is -2.60. The number of hydrogen-bond acceptors (Lipinski definition) is 3. The third-order valence-corrected chi connectivity index (χ3v) is 3.15. The number of carbonyl (C=O) groups is 2. The Morgan fingerprint density at radius 3 is 2.48 bits per heavy atom. The van der Waals surface area contributed by atoms with Crippen LogP contribution in [0.2, 0.25) is 5.02 Å². The van der Waals surface area contributed by atoms with Gasteiger partial charge in [0, 0.05) is 10.6 Å². The standard InChI is InChI=1S/C16H14ClFN2O3/c1-10-8-12(17)4-7-14(10)23-9-15(21)19-20-16(22)11-2-5-13(18)6-3-11/h2-8H,9H2,1H3,(H,19,21)(H,20,22). The summed E-state index contributed by atoms with van der Waals surface area (Å²) in [5.74, 6) is -1.01. The minimum Gasteiger partial charge on any atom is -0.483 e. The van der Waals surface area contributed by atoms with Gasteiger partial charge in [0.15, 0.2) is 6.61 Å². The second kappa shape index (κ2) is 7.60. The first kappa shape index (κ1) is 16.8. The lowest BCUT2D eigenvalue weighted by atomic mass is 10.2. The molecule has 23 heavy (non-hydrogen) atoms. The summed E-state index contributed by atoms with van der Waals surface area (Å²) in [6.45, 7) is 1.53. The second-order valence-corrected chi connectivity index (χ2v) is 5.14. The average molecular weight is 337 g/mol. The van der Waals surface area contributed by atoms with Crippen LogP contribution >= 0.6 is 11.6 Å². The Morgan fingerprint density at radius 1 is 1.13 bits per heavy atom. The summed E-state index contributed by atoms with van der Waals surface area (Å²) in [4.78, 5) is 23.4. The van der Waals surface area contributed by atoms with Crippen LogP contribution in [0.3, 0.4) is 0 Å². The quantitative estimate of drug-likeness (QED) is 0.843. The second-order valence-electron chi connectivity index (χ2n) is 4.71. The van der Waals surface area contributed by atoms with Crippen molar-refractivity contribution >= 4 is 23.4 Å². The van der Waals surface area contributed by atoms with Gasteiger partial charge in [0.2, 0.25) is 0 Å². The smallest absolute Gasteiger partial charge is 0.276 e. The van der Waals surface area contributed by atoms with Gasteiger partial charge >= 0.3 is 0 Å². The van der Waals surface area contributed by atoms with E-state index >= 15 is 0 Å². The van der Waals surface area contributed by atoms with E-state index in [0.717, 1.165) is 17.7 Å². The number of benzene rings is 2. The lowest BCUT2D eigenvalue weighted by Crippen LogP contribution is -2.43. The van der Waals surface area contributed by atoms with Crippen LogP contribution in [0.1, 0.15) is 15.9 Å². The van der Waals surface area contributed by atoms with Crippen molar-refractivity contribution < 1.29 is 18.7 Å². The number of aryl methyl sites for hydroxylation is 1. The van der Waals surface area contributed by atoms with Crippen molar-refractivity contribution in [3.8, 4) is 5.75 Å². The van der Waals surface area contributed by atoms with Gasteiger partial charge in [-0.05, 0) is 55.0 Å². The van der Waals surface area contributed by atoms with Crippen molar-refractivity contribution in [2.24, 2.45) is 0 Å². The summed E-state index contributed by atoms with van der Waals surface area (Å²) < 4.78 is 18.1. The zero-order valence-corrected chi connectivity index (χ0v) is 13.0. The molecule has 2 rings (SSSR count). The third kappa shape index (κ3) is 4.96. The molecule has 0 aliphatic carbocycles. The lowest BCUT2D eigenvalue weighted by molar-refractivity contribution is -0.123. The van der Waals surface area contributed by atoms with E-state index in [9.17, 15) is 14.0 Å². The lowest BCUT2D eigenvalue weighted by Gasteiger charge is -2.10. The van der Waals surface area contributed by atoms with Crippen LogP contribution in [0, 0.1) is 12.7 Å². The van der Waals surface area contributed by atoms with Crippen molar-refractivity contribution in [1.82, 2.24) is 10.9 Å². The number of ether oxygens (including phenoxy) is 1. The molecule has 0 aliphatic rings. The molecule has 120 valence electrons. The molecule has 0 aliphatic heterocycles. The van der Waals surface area contributed by atoms with Crippen LogP contribution in [-0.2, 0) is 4.79 Å². The molecule has 2 N–H and O–H groups in total. The molecule has 0 spiro atoms. The minimum atomic E-state index is -0.555. The van der Waals surface area contributed by atoms with Crippen LogP contribution in [-0.4, -0.2) is 18.4 Å². The van der Waals surface area contributed by atoms with E-state index in [1.165, 1.54) is 12.1 Å². The van der Waals surface area contributed by atoms with Crippen molar-refractivity contribution in [3.63, 3.8) is 0 Å². The maximum absolute atomic E-state index is 12.8. The molecule has 0 saturated carbocycles. The highest BCUT2D eigenvalue weighted by molar-refractivity contribution is 6.30. The number of nitrogens with one attached hydrogen (secondary N) is 2. The summed E-state index contributed by atoms with van der Waals surface area (Å²) >= 11 is 5.83. The number of carbonyl (C=O) groups excluding carboxylic acids is 2. The number of amides is 2. The van der Waals surface area contributed by atoms with Gasteiger partial charge in [-0.2, -0.15) is 0 Å². The number of halogens is 2. The Balaban J connectivity index is 1.81. The Labute approximate surface area is 137 Å². The molecule has 2 aromatic carbocycles. The predicted octanol–water partition coefficient (Wildman–Crippen LogP) is 2.63. The molecular weight excluding hydrogens is 323 g/mol. The van der Waals surface area contributed by atoms with Crippen LogP contribution in [0.5, 0.6) is 5.75 Å². The van der Waals surface area contributed by atoms with Gasteiger partial charge in [-0.25, -0.2) is 4.39 Å². The zero-order chi connectivity index (χ0) is 16.8. The molecule has 0 radical (unpaired) electrons. The molecule has 2 amide bonds. The molecule has 0 heterocycles. The predicted molar refractivity (Wildman–Crippen MR) is 83.7 cm³/mol. The van der Waals surface area contributed by atoms with Crippen LogP contribution in [0.15, 0.2) is 42.5 Å². The van der Waals surface area contributed by atoms with Gasteiger partial charge in [0.1, 0.15) is 11.6 Å². The highest BCUT2D eigenvalue weighted by atomic mass is 35.5. The number of hydrogen-bond donors (Lipinski definition) is 2. The van der Waals surface area contributed by atoms with E-state index < -0.39 is 17.6 Å². The fourth-order valence-corrected chi connectivity index (χ4v) is 1.98.